The Labute approximate surface area is 96.1 Å². The Kier molecular flexibility index (Phi) is 3.06. The van der Waals surface area contributed by atoms with Gasteiger partial charge in [-0.3, -0.25) is 0 Å². The average Bonchev–Trinajstić information content (AvgIpc) is 2.19. The van der Waals surface area contributed by atoms with Gasteiger partial charge in [-0.15, -0.1) is 0 Å². The van der Waals surface area contributed by atoms with Crippen LogP contribution in [0.5, 0.6) is 5.75 Å². The van der Waals surface area contributed by atoms with Crippen LogP contribution in [-0.4, -0.2) is 16.4 Å². The first kappa shape index (κ1) is 11.3. The van der Waals surface area contributed by atoms with Crippen molar-refractivity contribution >= 4 is 5.69 Å². The molecule has 1 aliphatic rings. The highest BCUT2D eigenvalue weighted by molar-refractivity contribution is 5.59. The monoisotopic (exact) mass is 221 g/mol. The summed E-state index contributed by atoms with van der Waals surface area (Å²) in [4.78, 5) is 0. The summed E-state index contributed by atoms with van der Waals surface area (Å²) < 4.78 is 0. The van der Waals surface area contributed by atoms with Gasteiger partial charge in [-0.2, -0.15) is 0 Å². The fourth-order valence-corrected chi connectivity index (χ4v) is 2.16. The van der Waals surface area contributed by atoms with E-state index in [9.17, 15) is 10.2 Å². The molecule has 1 unspecified atom stereocenters. The van der Waals surface area contributed by atoms with E-state index >= 15 is 0 Å². The Morgan fingerprint density at radius 1 is 1.44 bits per heavy atom. The lowest BCUT2D eigenvalue weighted by Gasteiger charge is -2.24. The highest BCUT2D eigenvalue weighted by atomic mass is 16.3. The molecule has 3 nitrogen and oxygen atoms in total. The normalized spacial score (nSPS) is 19.4. The van der Waals surface area contributed by atoms with Crippen LogP contribution < -0.4 is 5.32 Å². The minimum atomic E-state index is -0.455. The molecule has 0 saturated heterocycles. The molecule has 0 aliphatic carbocycles. The highest BCUT2D eigenvalue weighted by Crippen LogP contribution is 2.32. The van der Waals surface area contributed by atoms with Crippen LogP contribution in [0, 0.1) is 5.92 Å². The second-order valence-corrected chi connectivity index (χ2v) is 4.93. The van der Waals surface area contributed by atoms with E-state index < -0.39 is 6.23 Å². The number of hydrogen-bond donors (Lipinski definition) is 3. The molecule has 1 aliphatic heterocycles. The summed E-state index contributed by atoms with van der Waals surface area (Å²) >= 11 is 0. The molecule has 88 valence electrons. The Balaban J connectivity index is 2.31. The van der Waals surface area contributed by atoms with Crippen molar-refractivity contribution in [3.05, 3.63) is 23.3 Å². The number of phenolic OH excluding ortho intramolecular Hbond substituents is 1. The van der Waals surface area contributed by atoms with Gasteiger partial charge in [0.15, 0.2) is 0 Å². The number of anilines is 1. The van der Waals surface area contributed by atoms with E-state index in [4.69, 9.17) is 0 Å². The van der Waals surface area contributed by atoms with E-state index in [1.165, 1.54) is 0 Å². The van der Waals surface area contributed by atoms with Crippen LogP contribution in [0.3, 0.4) is 0 Å². The molecule has 0 aromatic heterocycles. The van der Waals surface area contributed by atoms with Crippen LogP contribution in [-0.2, 0) is 12.8 Å². The lowest BCUT2D eigenvalue weighted by Crippen LogP contribution is -2.24. The number of aryl methyl sites for hydroxylation is 1. The minimum Gasteiger partial charge on any atom is -0.508 e. The Morgan fingerprint density at radius 3 is 2.88 bits per heavy atom. The lowest BCUT2D eigenvalue weighted by atomic mass is 9.95. The molecular formula is C13H19NO2. The van der Waals surface area contributed by atoms with E-state index in [2.05, 4.69) is 19.2 Å². The van der Waals surface area contributed by atoms with E-state index in [0.29, 0.717) is 18.1 Å². The smallest absolute Gasteiger partial charge is 0.124 e. The Morgan fingerprint density at radius 2 is 2.19 bits per heavy atom. The summed E-state index contributed by atoms with van der Waals surface area (Å²) in [6.45, 7) is 4.25. The third-order valence-electron chi connectivity index (χ3n) is 2.94. The van der Waals surface area contributed by atoms with Gasteiger partial charge >= 0.3 is 0 Å². The summed E-state index contributed by atoms with van der Waals surface area (Å²) in [5.41, 5.74) is 3.01. The second kappa shape index (κ2) is 4.34. The number of nitrogens with one attached hydrogen (secondary N) is 1. The van der Waals surface area contributed by atoms with Crippen molar-refractivity contribution < 1.29 is 10.2 Å². The zero-order chi connectivity index (χ0) is 11.7. The fourth-order valence-electron chi connectivity index (χ4n) is 2.16. The SMILES string of the molecule is CC(C)Cc1cc2c(cc1O)CCC(O)N2. The molecule has 0 radical (unpaired) electrons. The number of benzene rings is 1. The maximum absolute atomic E-state index is 9.89. The van der Waals surface area contributed by atoms with E-state index in [1.54, 1.807) is 0 Å². The van der Waals surface area contributed by atoms with E-state index in [-0.39, 0.29) is 0 Å². The van der Waals surface area contributed by atoms with Gasteiger partial charge in [0, 0.05) is 5.69 Å². The van der Waals surface area contributed by atoms with Gasteiger partial charge in [0.25, 0.3) is 0 Å². The first-order valence-corrected chi connectivity index (χ1v) is 5.85. The number of rotatable bonds is 2. The average molecular weight is 221 g/mol. The molecule has 0 saturated carbocycles. The summed E-state index contributed by atoms with van der Waals surface area (Å²) in [5.74, 6) is 0.892. The van der Waals surface area contributed by atoms with Crippen LogP contribution >= 0.6 is 0 Å². The van der Waals surface area contributed by atoms with Crippen LogP contribution in [0.25, 0.3) is 0 Å². The third kappa shape index (κ3) is 2.30. The Hall–Kier alpha value is -1.22. The molecule has 1 aromatic carbocycles. The first-order chi connectivity index (χ1) is 7.56. The van der Waals surface area contributed by atoms with Gasteiger partial charge < -0.3 is 15.5 Å². The molecule has 1 aromatic rings. The van der Waals surface area contributed by atoms with Crippen molar-refractivity contribution in [3.8, 4) is 5.75 Å². The van der Waals surface area contributed by atoms with Crippen molar-refractivity contribution in [2.45, 2.75) is 39.3 Å². The summed E-state index contributed by atoms with van der Waals surface area (Å²) in [6.07, 6.45) is 1.93. The van der Waals surface area contributed by atoms with Crippen molar-refractivity contribution in [3.63, 3.8) is 0 Å². The van der Waals surface area contributed by atoms with Gasteiger partial charge in [0.1, 0.15) is 12.0 Å². The third-order valence-corrected chi connectivity index (χ3v) is 2.94. The second-order valence-electron chi connectivity index (χ2n) is 4.93. The molecule has 3 N–H and O–H groups in total. The zero-order valence-corrected chi connectivity index (χ0v) is 9.83. The maximum atomic E-state index is 9.89. The van der Waals surface area contributed by atoms with E-state index in [1.807, 2.05) is 12.1 Å². The summed E-state index contributed by atoms with van der Waals surface area (Å²) in [6, 6.07) is 3.79. The predicted octanol–water partition coefficient (Wildman–Crippen LogP) is 2.27. The van der Waals surface area contributed by atoms with Gasteiger partial charge in [-0.25, -0.2) is 0 Å². The molecule has 1 atom stereocenters. The van der Waals surface area contributed by atoms with Crippen molar-refractivity contribution in [1.82, 2.24) is 0 Å². The van der Waals surface area contributed by atoms with Crippen LogP contribution in [0.2, 0.25) is 0 Å². The fraction of sp³-hybridized carbons (Fsp3) is 0.538. The van der Waals surface area contributed by atoms with Gasteiger partial charge in [0.2, 0.25) is 0 Å². The topological polar surface area (TPSA) is 52.5 Å². The molecule has 0 fully saturated rings. The van der Waals surface area contributed by atoms with Gasteiger partial charge in [-0.1, -0.05) is 13.8 Å². The number of aliphatic hydroxyl groups excluding tert-OH is 1. The first-order valence-electron chi connectivity index (χ1n) is 5.85. The maximum Gasteiger partial charge on any atom is 0.124 e. The van der Waals surface area contributed by atoms with Gasteiger partial charge in [0.05, 0.1) is 0 Å². The number of phenols is 1. The summed E-state index contributed by atoms with van der Waals surface area (Å²) in [5, 5.41) is 22.5. The quantitative estimate of drug-likeness (QED) is 0.671. The molecule has 16 heavy (non-hydrogen) atoms. The van der Waals surface area contributed by atoms with Crippen LogP contribution in [0.1, 0.15) is 31.4 Å². The summed E-state index contributed by atoms with van der Waals surface area (Å²) in [7, 11) is 0. The van der Waals surface area contributed by atoms with Gasteiger partial charge in [-0.05, 0) is 48.4 Å². The molecular weight excluding hydrogens is 202 g/mol. The molecule has 1 heterocycles. The van der Waals surface area contributed by atoms with Crippen molar-refractivity contribution in [2.24, 2.45) is 5.92 Å². The molecule has 0 amide bonds. The van der Waals surface area contributed by atoms with Crippen molar-refractivity contribution in [1.29, 1.82) is 0 Å². The van der Waals surface area contributed by atoms with Crippen molar-refractivity contribution in [2.75, 3.05) is 5.32 Å². The van der Waals surface area contributed by atoms with Crippen LogP contribution in [0.15, 0.2) is 12.1 Å². The Bertz CT molecular complexity index is 388. The standard InChI is InChI=1S/C13H19NO2/c1-8(2)5-10-6-11-9(7-12(10)15)3-4-13(16)14-11/h6-8,13-16H,3-5H2,1-2H3. The molecule has 0 bridgehead atoms. The number of aromatic hydroxyl groups is 1. The molecule has 0 spiro atoms. The number of hydrogen-bond acceptors (Lipinski definition) is 3. The number of aliphatic hydroxyl groups is 1. The predicted molar refractivity (Wildman–Crippen MR) is 64.6 cm³/mol. The zero-order valence-electron chi connectivity index (χ0n) is 9.83. The molecule has 3 heteroatoms. The molecule has 2 rings (SSSR count). The van der Waals surface area contributed by atoms with Crippen LogP contribution in [0.4, 0.5) is 5.69 Å². The minimum absolute atomic E-state index is 0.380. The number of fused-ring (bicyclic) bond motifs is 1. The van der Waals surface area contributed by atoms with E-state index in [0.717, 1.165) is 29.7 Å². The lowest BCUT2D eigenvalue weighted by molar-refractivity contribution is 0.189. The largest absolute Gasteiger partial charge is 0.508 e. The highest BCUT2D eigenvalue weighted by Gasteiger charge is 2.17.